The molecule has 0 aromatic heterocycles. The van der Waals surface area contributed by atoms with E-state index < -0.39 is 5.82 Å². The summed E-state index contributed by atoms with van der Waals surface area (Å²) in [7, 11) is 0. The van der Waals surface area contributed by atoms with E-state index in [2.05, 4.69) is 0 Å². The van der Waals surface area contributed by atoms with Crippen LogP contribution in [0.25, 0.3) is 0 Å². The zero-order valence-corrected chi connectivity index (χ0v) is 11.7. The summed E-state index contributed by atoms with van der Waals surface area (Å²) in [5, 5.41) is 0.101. The number of carbonyl (C=O) groups excluding carboxylic acids is 1. The van der Waals surface area contributed by atoms with Gasteiger partial charge in [0.25, 0.3) is 5.91 Å². The summed E-state index contributed by atoms with van der Waals surface area (Å²) in [5.41, 5.74) is 7.24. The Kier molecular flexibility index (Phi) is 4.25. The Bertz CT molecular complexity index is 628. The van der Waals surface area contributed by atoms with E-state index in [9.17, 15) is 9.18 Å². The molecule has 5 heteroatoms. The van der Waals surface area contributed by atoms with Crippen LogP contribution in [0.15, 0.2) is 42.5 Å². The Morgan fingerprint density at radius 2 is 1.90 bits per heavy atom. The number of anilines is 2. The number of carbonyl (C=O) groups is 1. The summed E-state index contributed by atoms with van der Waals surface area (Å²) in [5.74, 6) is -0.746. The van der Waals surface area contributed by atoms with Crippen molar-refractivity contribution in [2.75, 3.05) is 17.2 Å². The van der Waals surface area contributed by atoms with Crippen molar-refractivity contribution in [3.8, 4) is 0 Å². The maximum Gasteiger partial charge on any atom is 0.259 e. The molecule has 0 unspecified atom stereocenters. The summed E-state index contributed by atoms with van der Waals surface area (Å²) in [6.07, 6.45) is 0. The van der Waals surface area contributed by atoms with Crippen LogP contribution >= 0.6 is 11.6 Å². The molecule has 3 nitrogen and oxygen atoms in total. The number of hydrogen-bond acceptors (Lipinski definition) is 2. The number of amides is 1. The Labute approximate surface area is 121 Å². The number of rotatable bonds is 3. The molecular weight excluding hydrogens is 279 g/mol. The highest BCUT2D eigenvalue weighted by atomic mass is 35.5. The van der Waals surface area contributed by atoms with E-state index in [-0.39, 0.29) is 16.5 Å². The van der Waals surface area contributed by atoms with E-state index in [1.165, 1.54) is 12.1 Å². The molecule has 0 atom stereocenters. The second-order valence-corrected chi connectivity index (χ2v) is 4.67. The van der Waals surface area contributed by atoms with E-state index >= 15 is 0 Å². The van der Waals surface area contributed by atoms with Crippen LogP contribution in [0, 0.1) is 5.82 Å². The molecule has 0 aliphatic heterocycles. The molecule has 0 saturated heterocycles. The van der Waals surface area contributed by atoms with E-state index in [1.807, 2.05) is 6.92 Å². The number of benzene rings is 2. The van der Waals surface area contributed by atoms with Gasteiger partial charge in [0.1, 0.15) is 5.82 Å². The smallest absolute Gasteiger partial charge is 0.259 e. The number of nitrogens with two attached hydrogens (primary N) is 1. The first-order chi connectivity index (χ1) is 9.52. The Hall–Kier alpha value is -2.07. The van der Waals surface area contributed by atoms with Crippen molar-refractivity contribution in [3.05, 3.63) is 58.9 Å². The van der Waals surface area contributed by atoms with Crippen LogP contribution in [0.5, 0.6) is 0 Å². The molecule has 20 heavy (non-hydrogen) atoms. The summed E-state index contributed by atoms with van der Waals surface area (Å²) >= 11 is 5.93. The van der Waals surface area contributed by atoms with Gasteiger partial charge in [-0.15, -0.1) is 0 Å². The molecule has 0 bridgehead atoms. The fourth-order valence-electron chi connectivity index (χ4n) is 1.91. The van der Waals surface area contributed by atoms with Crippen molar-refractivity contribution in [2.24, 2.45) is 0 Å². The molecule has 0 saturated carbocycles. The van der Waals surface area contributed by atoms with E-state index in [0.29, 0.717) is 17.9 Å². The molecule has 0 heterocycles. The average molecular weight is 293 g/mol. The molecule has 0 radical (unpaired) electrons. The lowest BCUT2D eigenvalue weighted by Crippen LogP contribution is -2.30. The monoisotopic (exact) mass is 292 g/mol. The predicted molar refractivity (Wildman–Crippen MR) is 79.6 cm³/mol. The third kappa shape index (κ3) is 2.91. The Morgan fingerprint density at radius 3 is 2.45 bits per heavy atom. The number of nitrogens with zero attached hydrogens (tertiary/aromatic N) is 1. The van der Waals surface area contributed by atoms with Gasteiger partial charge in [-0.05, 0) is 49.4 Å². The molecule has 0 fully saturated rings. The van der Waals surface area contributed by atoms with Gasteiger partial charge in [-0.1, -0.05) is 11.6 Å². The zero-order valence-electron chi connectivity index (χ0n) is 10.9. The molecule has 2 N–H and O–H groups in total. The lowest BCUT2D eigenvalue weighted by Gasteiger charge is -2.21. The largest absolute Gasteiger partial charge is 0.399 e. The molecule has 0 spiro atoms. The highest BCUT2D eigenvalue weighted by Gasteiger charge is 2.18. The fraction of sp³-hybridized carbons (Fsp3) is 0.133. The Balaban J connectivity index is 2.36. The maximum atomic E-state index is 13.0. The molecule has 2 aromatic rings. The van der Waals surface area contributed by atoms with Crippen molar-refractivity contribution >= 4 is 28.9 Å². The van der Waals surface area contributed by atoms with Crippen LogP contribution in [0.1, 0.15) is 17.3 Å². The minimum Gasteiger partial charge on any atom is -0.399 e. The van der Waals surface area contributed by atoms with Gasteiger partial charge in [0, 0.05) is 17.9 Å². The topological polar surface area (TPSA) is 46.3 Å². The van der Waals surface area contributed by atoms with E-state index in [4.69, 9.17) is 17.3 Å². The van der Waals surface area contributed by atoms with Crippen LogP contribution in [0.3, 0.4) is 0 Å². The molecule has 2 rings (SSSR count). The average Bonchev–Trinajstić information content (AvgIpc) is 2.41. The third-order valence-corrected chi connectivity index (χ3v) is 3.24. The van der Waals surface area contributed by atoms with E-state index in [0.717, 1.165) is 6.07 Å². The van der Waals surface area contributed by atoms with Gasteiger partial charge < -0.3 is 10.6 Å². The van der Waals surface area contributed by atoms with Crippen molar-refractivity contribution in [3.63, 3.8) is 0 Å². The highest BCUT2D eigenvalue weighted by Crippen LogP contribution is 2.23. The van der Waals surface area contributed by atoms with Gasteiger partial charge in [0.2, 0.25) is 0 Å². The normalized spacial score (nSPS) is 10.3. The summed E-state index contributed by atoms with van der Waals surface area (Å²) in [4.78, 5) is 14.0. The van der Waals surface area contributed by atoms with Crippen molar-refractivity contribution in [1.82, 2.24) is 0 Å². The van der Waals surface area contributed by atoms with Crippen LogP contribution < -0.4 is 10.6 Å². The van der Waals surface area contributed by atoms with Gasteiger partial charge in [0.15, 0.2) is 0 Å². The first-order valence-electron chi connectivity index (χ1n) is 6.15. The minimum atomic E-state index is -0.470. The fourth-order valence-corrected chi connectivity index (χ4v) is 2.15. The predicted octanol–water partition coefficient (Wildman–Crippen LogP) is 3.73. The molecule has 2 aromatic carbocycles. The van der Waals surface area contributed by atoms with Gasteiger partial charge in [0.05, 0.1) is 10.6 Å². The number of halogens is 2. The maximum absolute atomic E-state index is 13.0. The zero-order chi connectivity index (χ0) is 14.7. The summed E-state index contributed by atoms with van der Waals surface area (Å²) in [6.45, 7) is 2.32. The molecule has 0 aliphatic carbocycles. The number of hydrogen-bond donors (Lipinski definition) is 1. The SMILES string of the molecule is CCN(C(=O)c1ccc(F)cc1Cl)c1ccc(N)cc1. The van der Waals surface area contributed by atoms with Crippen LogP contribution in [-0.4, -0.2) is 12.5 Å². The highest BCUT2D eigenvalue weighted by molar-refractivity contribution is 6.34. The van der Waals surface area contributed by atoms with Crippen LogP contribution in [0.4, 0.5) is 15.8 Å². The second kappa shape index (κ2) is 5.92. The molecule has 0 aliphatic rings. The Morgan fingerprint density at radius 1 is 1.25 bits per heavy atom. The second-order valence-electron chi connectivity index (χ2n) is 4.27. The van der Waals surface area contributed by atoms with Crippen molar-refractivity contribution in [2.45, 2.75) is 6.92 Å². The first kappa shape index (κ1) is 14.3. The third-order valence-electron chi connectivity index (χ3n) is 2.93. The summed E-state index contributed by atoms with van der Waals surface area (Å²) in [6, 6.07) is 10.7. The summed E-state index contributed by atoms with van der Waals surface area (Å²) < 4.78 is 13.0. The van der Waals surface area contributed by atoms with E-state index in [1.54, 1.807) is 29.2 Å². The van der Waals surface area contributed by atoms with Gasteiger partial charge in [-0.25, -0.2) is 4.39 Å². The van der Waals surface area contributed by atoms with Crippen molar-refractivity contribution in [1.29, 1.82) is 0 Å². The first-order valence-corrected chi connectivity index (χ1v) is 6.53. The standard InChI is InChI=1S/C15H14ClFN2O/c1-2-19(12-6-4-11(18)5-7-12)15(20)13-8-3-10(17)9-14(13)16/h3-9H,2,18H2,1H3. The quantitative estimate of drug-likeness (QED) is 0.876. The molecule has 1 amide bonds. The van der Waals surface area contributed by atoms with Gasteiger partial charge >= 0.3 is 0 Å². The molecule has 104 valence electrons. The number of nitrogen functional groups attached to an aromatic ring is 1. The lowest BCUT2D eigenvalue weighted by atomic mass is 10.1. The minimum absolute atomic E-state index is 0.101. The lowest BCUT2D eigenvalue weighted by molar-refractivity contribution is 0.0988. The van der Waals surface area contributed by atoms with Crippen LogP contribution in [-0.2, 0) is 0 Å². The van der Waals surface area contributed by atoms with Gasteiger partial charge in [-0.3, -0.25) is 4.79 Å². The van der Waals surface area contributed by atoms with Crippen molar-refractivity contribution < 1.29 is 9.18 Å². The van der Waals surface area contributed by atoms with Crippen LogP contribution in [0.2, 0.25) is 5.02 Å². The molecular formula is C15H14ClFN2O. The van der Waals surface area contributed by atoms with Gasteiger partial charge in [-0.2, -0.15) is 0 Å².